The first-order chi connectivity index (χ1) is 13.6. The molecular weight excluding hydrogens is 354 g/mol. The van der Waals surface area contributed by atoms with Crippen LogP contribution in [0.4, 0.5) is 0 Å². The van der Waals surface area contributed by atoms with E-state index in [2.05, 4.69) is 11.0 Å². The third kappa shape index (κ3) is 3.85. The van der Waals surface area contributed by atoms with Crippen molar-refractivity contribution in [2.45, 2.75) is 19.4 Å². The number of benzene rings is 2. The fourth-order valence-corrected chi connectivity index (χ4v) is 3.88. The number of hydrogen-bond acceptors (Lipinski definition) is 5. The zero-order valence-corrected chi connectivity index (χ0v) is 15.9. The number of piperidine rings is 1. The van der Waals surface area contributed by atoms with Gasteiger partial charge in [-0.1, -0.05) is 36.4 Å². The summed E-state index contributed by atoms with van der Waals surface area (Å²) in [6, 6.07) is 15.5. The maximum Gasteiger partial charge on any atom is 0.227 e. The number of nitrogens with zero attached hydrogens (tertiary/aromatic N) is 1. The number of carbonyl (C=O) groups excluding carboxylic acids is 1. The zero-order valence-electron chi connectivity index (χ0n) is 15.9. The minimum atomic E-state index is -0.190. The summed E-state index contributed by atoms with van der Waals surface area (Å²) in [5.41, 5.74) is 0.575. The number of fused-ring (bicyclic) bond motifs is 1. The lowest BCUT2D eigenvalue weighted by atomic mass is 9.89. The average Bonchev–Trinajstić information content (AvgIpc) is 2.73. The Labute approximate surface area is 163 Å². The molecule has 0 amide bonds. The van der Waals surface area contributed by atoms with Crippen LogP contribution < -0.4 is 10.2 Å². The smallest absolute Gasteiger partial charge is 0.227 e. The summed E-state index contributed by atoms with van der Waals surface area (Å²) in [5, 5.41) is 2.22. The minimum absolute atomic E-state index is 0.0418. The molecule has 0 radical (unpaired) electrons. The van der Waals surface area contributed by atoms with Gasteiger partial charge in [0.25, 0.3) is 0 Å². The lowest BCUT2D eigenvalue weighted by Crippen LogP contribution is -2.38. The summed E-state index contributed by atoms with van der Waals surface area (Å²) in [6.07, 6.45) is 3.18. The fraction of sp³-hybridized carbons (Fsp3) is 0.304. The second-order valence-electron chi connectivity index (χ2n) is 7.28. The van der Waals surface area contributed by atoms with Crippen LogP contribution in [0.25, 0.3) is 10.8 Å². The molecule has 28 heavy (non-hydrogen) atoms. The van der Waals surface area contributed by atoms with Crippen LogP contribution in [0, 0.1) is 5.92 Å². The molecule has 0 aliphatic carbocycles. The normalized spacial score (nSPS) is 17.5. The molecule has 1 aliphatic heterocycles. The van der Waals surface area contributed by atoms with Crippen LogP contribution in [0.5, 0.6) is 5.75 Å². The van der Waals surface area contributed by atoms with Gasteiger partial charge in [0.15, 0.2) is 5.78 Å². The highest BCUT2D eigenvalue weighted by molar-refractivity contribution is 6.01. The minimum Gasteiger partial charge on any atom is -0.490 e. The van der Waals surface area contributed by atoms with Gasteiger partial charge in [-0.05, 0) is 36.2 Å². The second-order valence-corrected chi connectivity index (χ2v) is 7.28. The van der Waals surface area contributed by atoms with Crippen molar-refractivity contribution in [3.63, 3.8) is 0 Å². The standard InChI is InChI=1S/C23H23NO4/c1-27-22-15-28-20(12-21(22)25)14-24-10-4-7-19(13-24)23(26)18-9-8-16-5-2-3-6-17(16)11-18/h2-3,5-6,8-9,11-12,15,19H,4,7,10,13-14H2,1H3/t19-/m0/s1. The van der Waals surface area contributed by atoms with Gasteiger partial charge >= 0.3 is 0 Å². The van der Waals surface area contributed by atoms with Crippen LogP contribution in [0.1, 0.15) is 29.0 Å². The summed E-state index contributed by atoms with van der Waals surface area (Å²) < 4.78 is 10.5. The van der Waals surface area contributed by atoms with Crippen LogP contribution in [-0.4, -0.2) is 30.9 Å². The van der Waals surface area contributed by atoms with Crippen molar-refractivity contribution in [1.82, 2.24) is 4.90 Å². The van der Waals surface area contributed by atoms with E-state index in [4.69, 9.17) is 9.15 Å². The molecule has 1 aliphatic rings. The van der Waals surface area contributed by atoms with Crippen LogP contribution in [0.2, 0.25) is 0 Å². The number of carbonyl (C=O) groups is 1. The Hall–Kier alpha value is -2.92. The van der Waals surface area contributed by atoms with E-state index in [1.807, 2.05) is 36.4 Å². The van der Waals surface area contributed by atoms with E-state index in [1.165, 1.54) is 19.4 Å². The first-order valence-corrected chi connectivity index (χ1v) is 9.55. The molecule has 2 aromatic carbocycles. The molecule has 0 unspecified atom stereocenters. The van der Waals surface area contributed by atoms with Crippen molar-refractivity contribution in [1.29, 1.82) is 0 Å². The average molecular weight is 377 g/mol. The summed E-state index contributed by atoms with van der Waals surface area (Å²) in [5.74, 6) is 0.933. The number of methoxy groups -OCH3 is 1. The van der Waals surface area contributed by atoms with Gasteiger partial charge in [0.1, 0.15) is 12.0 Å². The van der Waals surface area contributed by atoms with Crippen LogP contribution >= 0.6 is 0 Å². The summed E-state index contributed by atoms with van der Waals surface area (Å²) in [7, 11) is 1.44. The zero-order chi connectivity index (χ0) is 19.5. The van der Waals surface area contributed by atoms with Crippen LogP contribution in [0.3, 0.4) is 0 Å². The molecule has 5 heteroatoms. The molecular formula is C23H23NO4. The Morgan fingerprint density at radius 3 is 2.79 bits per heavy atom. The largest absolute Gasteiger partial charge is 0.490 e. The number of hydrogen-bond donors (Lipinski definition) is 0. The van der Waals surface area contributed by atoms with Gasteiger partial charge in [0.05, 0.1) is 13.7 Å². The van der Waals surface area contributed by atoms with Gasteiger partial charge in [-0.2, -0.15) is 0 Å². The molecule has 0 N–H and O–H groups in total. The molecule has 1 aromatic heterocycles. The van der Waals surface area contributed by atoms with E-state index in [9.17, 15) is 9.59 Å². The Bertz CT molecular complexity index is 1060. The van der Waals surface area contributed by atoms with Crippen molar-refractivity contribution < 1.29 is 13.9 Å². The van der Waals surface area contributed by atoms with Crippen LogP contribution in [-0.2, 0) is 6.54 Å². The highest BCUT2D eigenvalue weighted by Gasteiger charge is 2.27. The van der Waals surface area contributed by atoms with Gasteiger partial charge in [0, 0.05) is 24.1 Å². The molecule has 0 saturated carbocycles. The third-order valence-electron chi connectivity index (χ3n) is 5.36. The highest BCUT2D eigenvalue weighted by Crippen LogP contribution is 2.24. The van der Waals surface area contributed by atoms with E-state index in [1.54, 1.807) is 0 Å². The topological polar surface area (TPSA) is 59.8 Å². The van der Waals surface area contributed by atoms with Crippen molar-refractivity contribution >= 4 is 16.6 Å². The molecule has 1 fully saturated rings. The summed E-state index contributed by atoms with van der Waals surface area (Å²) in [6.45, 7) is 2.07. The molecule has 0 spiro atoms. The molecule has 0 bridgehead atoms. The summed E-state index contributed by atoms with van der Waals surface area (Å²) in [4.78, 5) is 27.2. The van der Waals surface area contributed by atoms with Gasteiger partial charge in [-0.3, -0.25) is 14.5 Å². The quantitative estimate of drug-likeness (QED) is 0.631. The van der Waals surface area contributed by atoms with Crippen molar-refractivity contribution in [2.24, 2.45) is 5.92 Å². The van der Waals surface area contributed by atoms with Gasteiger partial charge in [-0.15, -0.1) is 0 Å². The predicted molar refractivity (Wildman–Crippen MR) is 108 cm³/mol. The molecule has 4 rings (SSSR count). The van der Waals surface area contributed by atoms with Crippen LogP contribution in [0.15, 0.2) is 64.0 Å². The predicted octanol–water partition coefficient (Wildman–Crippen LogP) is 3.90. The number of Topliss-reactive ketones (excluding diaryl/α,β-unsaturated/α-hetero) is 1. The Morgan fingerprint density at radius 2 is 2.00 bits per heavy atom. The van der Waals surface area contributed by atoms with E-state index in [0.29, 0.717) is 18.8 Å². The molecule has 1 atom stereocenters. The van der Waals surface area contributed by atoms with Gasteiger partial charge in [-0.25, -0.2) is 0 Å². The lowest BCUT2D eigenvalue weighted by molar-refractivity contribution is 0.0802. The first-order valence-electron chi connectivity index (χ1n) is 9.55. The third-order valence-corrected chi connectivity index (χ3v) is 5.36. The molecule has 1 saturated heterocycles. The SMILES string of the molecule is COc1coc(CN2CCC[C@H](C(=O)c3ccc4ccccc4c3)C2)cc1=O. The monoisotopic (exact) mass is 377 g/mol. The highest BCUT2D eigenvalue weighted by atomic mass is 16.5. The van der Waals surface area contributed by atoms with Gasteiger partial charge in [0.2, 0.25) is 11.2 Å². The summed E-state index contributed by atoms with van der Waals surface area (Å²) >= 11 is 0. The van der Waals surface area contributed by atoms with Gasteiger partial charge < -0.3 is 9.15 Å². The first kappa shape index (κ1) is 18.4. The van der Waals surface area contributed by atoms with E-state index < -0.39 is 0 Å². The van der Waals surface area contributed by atoms with E-state index in [0.717, 1.165) is 35.7 Å². The van der Waals surface area contributed by atoms with Crippen molar-refractivity contribution in [3.05, 3.63) is 76.3 Å². The number of ketones is 1. The van der Waals surface area contributed by atoms with Crippen molar-refractivity contribution in [2.75, 3.05) is 20.2 Å². The Kier molecular flexibility index (Phi) is 5.26. The van der Waals surface area contributed by atoms with Crippen molar-refractivity contribution in [3.8, 4) is 5.75 Å². The maximum atomic E-state index is 13.1. The lowest BCUT2D eigenvalue weighted by Gasteiger charge is -2.31. The Morgan fingerprint density at radius 1 is 1.18 bits per heavy atom. The number of ether oxygens (including phenoxy) is 1. The number of likely N-dealkylation sites (tertiary alicyclic amines) is 1. The maximum absolute atomic E-state index is 13.1. The molecule has 144 valence electrons. The number of rotatable bonds is 5. The molecule has 3 aromatic rings. The van der Waals surface area contributed by atoms with E-state index in [-0.39, 0.29) is 22.9 Å². The molecule has 5 nitrogen and oxygen atoms in total. The Balaban J connectivity index is 1.47. The second kappa shape index (κ2) is 7.98. The van der Waals surface area contributed by atoms with E-state index >= 15 is 0 Å². The molecule has 2 heterocycles. The fourth-order valence-electron chi connectivity index (χ4n) is 3.88.